The summed E-state index contributed by atoms with van der Waals surface area (Å²) in [6, 6.07) is 5.84. The first-order valence-corrected chi connectivity index (χ1v) is 9.27. The van der Waals surface area contributed by atoms with Crippen molar-refractivity contribution in [1.29, 1.82) is 0 Å². The molecule has 5 nitrogen and oxygen atoms in total. The first-order chi connectivity index (χ1) is 12.4. The molecular formula is C18H20ClF2N3O2. The zero-order valence-corrected chi connectivity index (χ0v) is 15.0. The predicted molar refractivity (Wildman–Crippen MR) is 94.7 cm³/mol. The van der Waals surface area contributed by atoms with E-state index in [2.05, 4.69) is 4.98 Å². The molecule has 1 amide bonds. The van der Waals surface area contributed by atoms with E-state index in [0.717, 1.165) is 5.52 Å². The molecule has 0 atom stereocenters. The molecule has 4 rings (SSSR count). The number of hydrogen-bond acceptors (Lipinski definition) is 4. The topological polar surface area (TPSA) is 49.6 Å². The molecule has 0 unspecified atom stereocenters. The minimum atomic E-state index is -2.63. The van der Waals surface area contributed by atoms with Crippen molar-refractivity contribution in [1.82, 2.24) is 9.88 Å². The van der Waals surface area contributed by atoms with Crippen LogP contribution in [0.5, 0.6) is 0 Å². The van der Waals surface area contributed by atoms with E-state index in [1.54, 1.807) is 17.0 Å². The Morgan fingerprint density at radius 1 is 1.19 bits per heavy atom. The van der Waals surface area contributed by atoms with Crippen LogP contribution in [0.25, 0.3) is 11.1 Å². The lowest BCUT2D eigenvalue weighted by Crippen LogP contribution is -2.47. The molecule has 0 spiro atoms. The summed E-state index contributed by atoms with van der Waals surface area (Å²) in [6.45, 7) is 1.61. The summed E-state index contributed by atoms with van der Waals surface area (Å²) in [5, 5.41) is 0.594. The van der Waals surface area contributed by atoms with Gasteiger partial charge in [0.15, 0.2) is 5.58 Å². The van der Waals surface area contributed by atoms with Crippen molar-refractivity contribution in [3.05, 3.63) is 23.2 Å². The lowest BCUT2D eigenvalue weighted by molar-refractivity contribution is -0.142. The van der Waals surface area contributed by atoms with Gasteiger partial charge in [-0.2, -0.15) is 4.98 Å². The Balaban J connectivity index is 1.36. The van der Waals surface area contributed by atoms with E-state index in [0.29, 0.717) is 42.6 Å². The summed E-state index contributed by atoms with van der Waals surface area (Å²) in [7, 11) is 0. The van der Waals surface area contributed by atoms with Gasteiger partial charge in [0.25, 0.3) is 11.9 Å². The number of rotatable bonds is 2. The average Bonchev–Trinajstić information content (AvgIpc) is 3.04. The van der Waals surface area contributed by atoms with Crippen LogP contribution in [0, 0.1) is 5.92 Å². The second kappa shape index (κ2) is 6.68. The fourth-order valence-corrected chi connectivity index (χ4v) is 3.81. The Hall–Kier alpha value is -1.89. The Morgan fingerprint density at radius 2 is 1.88 bits per heavy atom. The maximum absolute atomic E-state index is 13.3. The Kier molecular flexibility index (Phi) is 4.50. The van der Waals surface area contributed by atoms with Crippen LogP contribution < -0.4 is 4.90 Å². The third-order valence-corrected chi connectivity index (χ3v) is 5.50. The highest BCUT2D eigenvalue weighted by Crippen LogP contribution is 2.31. The predicted octanol–water partition coefficient (Wildman–Crippen LogP) is 3.96. The molecule has 8 heteroatoms. The Labute approximate surface area is 154 Å². The number of oxazole rings is 1. The molecule has 2 aromatic rings. The summed E-state index contributed by atoms with van der Waals surface area (Å²) < 4.78 is 32.3. The van der Waals surface area contributed by atoms with E-state index in [1.807, 2.05) is 11.0 Å². The van der Waals surface area contributed by atoms with Crippen LogP contribution >= 0.6 is 11.6 Å². The second-order valence-electron chi connectivity index (χ2n) is 7.05. The molecule has 0 radical (unpaired) electrons. The quantitative estimate of drug-likeness (QED) is 0.787. The van der Waals surface area contributed by atoms with Gasteiger partial charge < -0.3 is 14.2 Å². The highest BCUT2D eigenvalue weighted by atomic mass is 35.5. The number of alkyl halides is 2. The molecule has 0 bridgehead atoms. The van der Waals surface area contributed by atoms with E-state index in [-0.39, 0.29) is 37.8 Å². The number of likely N-dealkylation sites (tertiary alicyclic amines) is 1. The van der Waals surface area contributed by atoms with Crippen LogP contribution in [0.4, 0.5) is 14.8 Å². The van der Waals surface area contributed by atoms with Crippen molar-refractivity contribution in [2.75, 3.05) is 31.1 Å². The Morgan fingerprint density at radius 3 is 2.58 bits per heavy atom. The molecule has 2 saturated heterocycles. The van der Waals surface area contributed by atoms with Crippen LogP contribution in [-0.2, 0) is 4.79 Å². The van der Waals surface area contributed by atoms with Gasteiger partial charge in [0, 0.05) is 56.0 Å². The van der Waals surface area contributed by atoms with E-state index in [9.17, 15) is 13.6 Å². The molecule has 26 heavy (non-hydrogen) atoms. The molecule has 0 N–H and O–H groups in total. The van der Waals surface area contributed by atoms with Gasteiger partial charge in [0.2, 0.25) is 5.91 Å². The van der Waals surface area contributed by atoms with Crippen LogP contribution in [0.3, 0.4) is 0 Å². The first-order valence-electron chi connectivity index (χ1n) is 8.89. The fourth-order valence-electron chi connectivity index (χ4n) is 3.65. The molecule has 1 aromatic heterocycles. The van der Waals surface area contributed by atoms with E-state index in [1.165, 1.54) is 0 Å². The van der Waals surface area contributed by atoms with Gasteiger partial charge in [0.05, 0.1) is 0 Å². The fraction of sp³-hybridized carbons (Fsp3) is 0.556. The van der Waals surface area contributed by atoms with Gasteiger partial charge in [0.1, 0.15) is 5.52 Å². The number of halogens is 3. The number of amides is 1. The standard InChI is InChI=1S/C18H20ClF2N3O2/c19-13-1-2-14-15(11-13)26-17(22-14)24-7-3-12(4-8-24)16(25)23-9-5-18(20,21)6-10-23/h1-2,11-12H,3-10H2. The van der Waals surface area contributed by atoms with Gasteiger partial charge >= 0.3 is 0 Å². The van der Waals surface area contributed by atoms with Gasteiger partial charge in [-0.05, 0) is 25.0 Å². The second-order valence-corrected chi connectivity index (χ2v) is 7.49. The van der Waals surface area contributed by atoms with E-state index >= 15 is 0 Å². The van der Waals surface area contributed by atoms with Crippen LogP contribution in [0.1, 0.15) is 25.7 Å². The van der Waals surface area contributed by atoms with Crippen LogP contribution in [-0.4, -0.2) is 47.9 Å². The zero-order valence-electron chi connectivity index (χ0n) is 14.3. The van der Waals surface area contributed by atoms with Gasteiger partial charge in [-0.1, -0.05) is 11.6 Å². The lowest BCUT2D eigenvalue weighted by atomic mass is 9.94. The van der Waals surface area contributed by atoms with Crippen LogP contribution in [0.15, 0.2) is 22.6 Å². The lowest BCUT2D eigenvalue weighted by Gasteiger charge is -2.36. The monoisotopic (exact) mass is 383 g/mol. The molecule has 2 aliphatic rings. The summed E-state index contributed by atoms with van der Waals surface area (Å²) in [4.78, 5) is 20.7. The molecule has 3 heterocycles. The van der Waals surface area contributed by atoms with E-state index in [4.69, 9.17) is 16.0 Å². The number of aromatic nitrogens is 1. The number of carbonyl (C=O) groups is 1. The van der Waals surface area contributed by atoms with Crippen molar-refractivity contribution in [2.24, 2.45) is 5.92 Å². The number of piperidine rings is 2. The molecule has 0 aliphatic carbocycles. The van der Waals surface area contributed by atoms with E-state index < -0.39 is 5.92 Å². The van der Waals surface area contributed by atoms with Gasteiger partial charge in [-0.25, -0.2) is 8.78 Å². The van der Waals surface area contributed by atoms with Crippen molar-refractivity contribution in [3.63, 3.8) is 0 Å². The number of carbonyl (C=O) groups excluding carboxylic acids is 1. The van der Waals surface area contributed by atoms with Crippen molar-refractivity contribution >= 4 is 34.6 Å². The normalized spacial score (nSPS) is 21.3. The van der Waals surface area contributed by atoms with Crippen molar-refractivity contribution in [3.8, 4) is 0 Å². The molecule has 140 valence electrons. The summed E-state index contributed by atoms with van der Waals surface area (Å²) in [5.41, 5.74) is 1.39. The summed E-state index contributed by atoms with van der Waals surface area (Å²) in [6.07, 6.45) is 0.877. The van der Waals surface area contributed by atoms with Crippen molar-refractivity contribution in [2.45, 2.75) is 31.6 Å². The molecular weight excluding hydrogens is 364 g/mol. The third-order valence-electron chi connectivity index (χ3n) is 5.26. The highest BCUT2D eigenvalue weighted by molar-refractivity contribution is 6.31. The molecule has 0 saturated carbocycles. The maximum Gasteiger partial charge on any atom is 0.298 e. The molecule has 2 aliphatic heterocycles. The van der Waals surface area contributed by atoms with Crippen molar-refractivity contribution < 1.29 is 18.0 Å². The van der Waals surface area contributed by atoms with Gasteiger partial charge in [-0.15, -0.1) is 0 Å². The minimum absolute atomic E-state index is 0.00416. The Bertz CT molecular complexity index is 808. The number of nitrogens with zero attached hydrogens (tertiary/aromatic N) is 3. The SMILES string of the molecule is O=C(C1CCN(c2nc3ccc(Cl)cc3o2)CC1)N1CCC(F)(F)CC1. The number of hydrogen-bond donors (Lipinski definition) is 0. The maximum atomic E-state index is 13.3. The minimum Gasteiger partial charge on any atom is -0.423 e. The summed E-state index contributed by atoms with van der Waals surface area (Å²) >= 11 is 5.97. The van der Waals surface area contributed by atoms with Crippen LogP contribution in [0.2, 0.25) is 5.02 Å². The average molecular weight is 384 g/mol. The number of fused-ring (bicyclic) bond motifs is 1. The van der Waals surface area contributed by atoms with Gasteiger partial charge in [-0.3, -0.25) is 4.79 Å². The number of benzene rings is 1. The largest absolute Gasteiger partial charge is 0.423 e. The zero-order chi connectivity index (χ0) is 18.3. The highest BCUT2D eigenvalue weighted by Gasteiger charge is 2.38. The smallest absolute Gasteiger partial charge is 0.298 e. The third kappa shape index (κ3) is 3.49. The molecule has 1 aromatic carbocycles. The first kappa shape index (κ1) is 17.5. The number of anilines is 1. The summed E-state index contributed by atoms with van der Waals surface area (Å²) in [5.74, 6) is -2.74. The molecule has 2 fully saturated rings.